The van der Waals surface area contributed by atoms with Gasteiger partial charge in [0.25, 0.3) is 0 Å². The van der Waals surface area contributed by atoms with Crippen molar-refractivity contribution >= 4 is 11.7 Å². The smallest absolute Gasteiger partial charge is 0.220 e. The van der Waals surface area contributed by atoms with Crippen LogP contribution < -0.4 is 5.32 Å². The fraction of sp³-hybridized carbons (Fsp3) is 0.818. The van der Waals surface area contributed by atoms with E-state index < -0.39 is 0 Å². The van der Waals surface area contributed by atoms with Gasteiger partial charge in [-0.1, -0.05) is 0 Å². The maximum absolute atomic E-state index is 11.5. The van der Waals surface area contributed by atoms with E-state index in [-0.39, 0.29) is 23.7 Å². The maximum Gasteiger partial charge on any atom is 0.220 e. The van der Waals surface area contributed by atoms with Crippen LogP contribution in [0.4, 0.5) is 0 Å². The van der Waals surface area contributed by atoms with Gasteiger partial charge in [0.05, 0.1) is 12.1 Å². The zero-order valence-corrected chi connectivity index (χ0v) is 9.47. The molecule has 0 aromatic heterocycles. The number of carbonyl (C=O) groups excluding carboxylic acids is 2. The van der Waals surface area contributed by atoms with Crippen molar-refractivity contribution in [3.8, 4) is 0 Å². The Labute approximate surface area is 90.4 Å². The van der Waals surface area contributed by atoms with Gasteiger partial charge in [-0.15, -0.1) is 0 Å². The zero-order chi connectivity index (χ0) is 11.3. The van der Waals surface area contributed by atoms with Gasteiger partial charge in [-0.2, -0.15) is 0 Å². The molecule has 15 heavy (non-hydrogen) atoms. The third-order valence-electron chi connectivity index (χ3n) is 2.58. The van der Waals surface area contributed by atoms with E-state index in [2.05, 4.69) is 5.32 Å². The molecule has 1 fully saturated rings. The monoisotopic (exact) mass is 213 g/mol. The summed E-state index contributed by atoms with van der Waals surface area (Å²) in [6.07, 6.45) is 2.52. The van der Waals surface area contributed by atoms with Gasteiger partial charge in [-0.25, -0.2) is 0 Å². The first-order valence-electron chi connectivity index (χ1n) is 5.40. The normalized spacial score (nSPS) is 26.0. The molecule has 0 bridgehead atoms. The Balaban J connectivity index is 2.32. The van der Waals surface area contributed by atoms with Crippen LogP contribution in [0.5, 0.6) is 0 Å². The number of hydrogen-bond acceptors (Lipinski definition) is 3. The molecule has 1 aliphatic rings. The molecule has 1 aliphatic heterocycles. The minimum atomic E-state index is -0.244. The lowest BCUT2D eigenvalue weighted by Gasteiger charge is -2.34. The van der Waals surface area contributed by atoms with Crippen molar-refractivity contribution in [1.82, 2.24) is 5.32 Å². The van der Waals surface area contributed by atoms with Crippen molar-refractivity contribution in [3.05, 3.63) is 0 Å². The van der Waals surface area contributed by atoms with Crippen LogP contribution in [-0.2, 0) is 14.3 Å². The number of carbonyl (C=O) groups is 2. The lowest BCUT2D eigenvalue weighted by Crippen LogP contribution is -2.51. The summed E-state index contributed by atoms with van der Waals surface area (Å²) >= 11 is 0. The fourth-order valence-corrected chi connectivity index (χ4v) is 1.72. The molecule has 0 aromatic rings. The molecule has 0 spiro atoms. The number of nitrogens with one attached hydrogen (secondary N) is 1. The first-order chi connectivity index (χ1) is 7.02. The topological polar surface area (TPSA) is 55.4 Å². The van der Waals surface area contributed by atoms with Crippen LogP contribution >= 0.6 is 0 Å². The van der Waals surface area contributed by atoms with E-state index >= 15 is 0 Å². The summed E-state index contributed by atoms with van der Waals surface area (Å²) in [6.45, 7) is 4.83. The third-order valence-corrected chi connectivity index (χ3v) is 2.58. The van der Waals surface area contributed by atoms with Crippen molar-refractivity contribution < 1.29 is 14.3 Å². The van der Waals surface area contributed by atoms with Crippen LogP contribution in [0.3, 0.4) is 0 Å². The van der Waals surface area contributed by atoms with Gasteiger partial charge < -0.3 is 14.8 Å². The lowest BCUT2D eigenvalue weighted by molar-refractivity contribution is -0.127. The molecule has 1 N–H and O–H groups in total. The Bertz CT molecular complexity index is 244. The minimum Gasteiger partial charge on any atom is -0.379 e. The Hall–Kier alpha value is -0.900. The number of hydrogen-bond donors (Lipinski definition) is 1. The molecule has 1 amide bonds. The molecule has 4 heteroatoms. The molecule has 0 radical (unpaired) electrons. The standard InChI is InChI=1S/C11H19NO3/c1-9(13)4-5-10(14)12-11(2)6-3-7-15-8-11/h3-8H2,1-2H3,(H,12,14). The summed E-state index contributed by atoms with van der Waals surface area (Å²) in [4.78, 5) is 22.2. The largest absolute Gasteiger partial charge is 0.379 e. The van der Waals surface area contributed by atoms with Crippen LogP contribution in [0, 0.1) is 0 Å². The predicted molar refractivity (Wildman–Crippen MR) is 56.5 cm³/mol. The third kappa shape index (κ3) is 4.42. The first-order valence-corrected chi connectivity index (χ1v) is 5.40. The maximum atomic E-state index is 11.5. The highest BCUT2D eigenvalue weighted by Crippen LogP contribution is 2.18. The van der Waals surface area contributed by atoms with Crippen molar-refractivity contribution in [1.29, 1.82) is 0 Å². The van der Waals surface area contributed by atoms with E-state index in [1.807, 2.05) is 6.92 Å². The van der Waals surface area contributed by atoms with Crippen LogP contribution in [0.2, 0.25) is 0 Å². The summed E-state index contributed by atoms with van der Waals surface area (Å²) in [5, 5.41) is 2.93. The summed E-state index contributed by atoms with van der Waals surface area (Å²) in [7, 11) is 0. The summed E-state index contributed by atoms with van der Waals surface area (Å²) in [6, 6.07) is 0. The van der Waals surface area contributed by atoms with Gasteiger partial charge in [-0.3, -0.25) is 4.79 Å². The first kappa shape index (κ1) is 12.2. The second-order valence-electron chi connectivity index (χ2n) is 4.47. The van der Waals surface area contributed by atoms with Crippen molar-refractivity contribution in [2.24, 2.45) is 0 Å². The van der Waals surface area contributed by atoms with E-state index in [1.165, 1.54) is 6.92 Å². The number of rotatable bonds is 4. The van der Waals surface area contributed by atoms with Gasteiger partial charge in [0.2, 0.25) is 5.91 Å². The van der Waals surface area contributed by atoms with Crippen molar-refractivity contribution in [3.63, 3.8) is 0 Å². The SMILES string of the molecule is CC(=O)CCC(=O)NC1(C)CCCOC1. The van der Waals surface area contributed by atoms with E-state index in [1.54, 1.807) is 0 Å². The molecule has 1 atom stereocenters. The molecule has 1 saturated heterocycles. The second-order valence-corrected chi connectivity index (χ2v) is 4.47. The predicted octanol–water partition coefficient (Wildman–Crippen LogP) is 1.04. The van der Waals surface area contributed by atoms with Crippen molar-refractivity contribution in [2.45, 2.75) is 45.1 Å². The minimum absolute atomic E-state index is 0.0511. The summed E-state index contributed by atoms with van der Waals surface area (Å²) in [5.41, 5.74) is -0.244. The van der Waals surface area contributed by atoms with Crippen molar-refractivity contribution in [2.75, 3.05) is 13.2 Å². The molecule has 0 saturated carbocycles. The average Bonchev–Trinajstić information content (AvgIpc) is 2.15. The van der Waals surface area contributed by atoms with Gasteiger partial charge in [-0.05, 0) is 26.7 Å². The number of ketones is 1. The fourth-order valence-electron chi connectivity index (χ4n) is 1.72. The molecule has 0 aliphatic carbocycles. The van der Waals surface area contributed by atoms with Crippen LogP contribution in [0.25, 0.3) is 0 Å². The molecular weight excluding hydrogens is 194 g/mol. The summed E-state index contributed by atoms with van der Waals surface area (Å²) < 4.78 is 5.33. The Morgan fingerprint density at radius 1 is 1.40 bits per heavy atom. The van der Waals surface area contributed by atoms with E-state index in [4.69, 9.17) is 4.74 Å². The Morgan fingerprint density at radius 2 is 2.13 bits per heavy atom. The zero-order valence-electron chi connectivity index (χ0n) is 9.47. The second kappa shape index (κ2) is 5.26. The molecule has 86 valence electrons. The molecular formula is C11H19NO3. The number of ether oxygens (including phenoxy) is 1. The summed E-state index contributed by atoms with van der Waals surface area (Å²) in [5.74, 6) is -0.00611. The highest BCUT2D eigenvalue weighted by atomic mass is 16.5. The van der Waals surface area contributed by atoms with Crippen LogP contribution in [0.1, 0.15) is 39.5 Å². The lowest BCUT2D eigenvalue weighted by atomic mass is 9.94. The van der Waals surface area contributed by atoms with Crippen LogP contribution in [-0.4, -0.2) is 30.4 Å². The van der Waals surface area contributed by atoms with Gasteiger partial charge in [0.15, 0.2) is 0 Å². The van der Waals surface area contributed by atoms with E-state index in [0.717, 1.165) is 19.4 Å². The molecule has 1 rings (SSSR count). The van der Waals surface area contributed by atoms with E-state index in [9.17, 15) is 9.59 Å². The van der Waals surface area contributed by atoms with Gasteiger partial charge in [0.1, 0.15) is 5.78 Å². The highest BCUT2D eigenvalue weighted by molar-refractivity contribution is 5.83. The number of amides is 1. The average molecular weight is 213 g/mol. The highest BCUT2D eigenvalue weighted by Gasteiger charge is 2.28. The Morgan fingerprint density at radius 3 is 2.67 bits per heavy atom. The molecule has 0 aromatic carbocycles. The quantitative estimate of drug-likeness (QED) is 0.759. The van der Waals surface area contributed by atoms with E-state index in [0.29, 0.717) is 13.0 Å². The Kier molecular flexibility index (Phi) is 4.27. The van der Waals surface area contributed by atoms with Gasteiger partial charge >= 0.3 is 0 Å². The molecule has 1 heterocycles. The molecule has 1 unspecified atom stereocenters. The molecule has 4 nitrogen and oxygen atoms in total. The van der Waals surface area contributed by atoms with Crippen LogP contribution in [0.15, 0.2) is 0 Å². The van der Waals surface area contributed by atoms with Gasteiger partial charge in [0, 0.05) is 19.4 Å². The number of Topliss-reactive ketones (excluding diaryl/α,β-unsaturated/α-hetero) is 1.